The van der Waals surface area contributed by atoms with Crippen molar-refractivity contribution in [2.45, 2.75) is 29.7 Å². The van der Waals surface area contributed by atoms with Crippen molar-refractivity contribution in [3.8, 4) is 22.1 Å². The minimum atomic E-state index is -3.74. The summed E-state index contributed by atoms with van der Waals surface area (Å²) in [6.07, 6.45) is 2.08. The average molecular weight is 503 g/mol. The van der Waals surface area contributed by atoms with E-state index in [1.54, 1.807) is 23.5 Å². The molecule has 182 valence electrons. The summed E-state index contributed by atoms with van der Waals surface area (Å²) in [7, 11) is 1.27. The molecule has 0 saturated carbocycles. The van der Waals surface area contributed by atoms with Gasteiger partial charge in [-0.05, 0) is 54.9 Å². The smallest absolute Gasteiger partial charge is 0.244 e. The second-order valence-corrected chi connectivity index (χ2v) is 11.6. The second-order valence-electron chi connectivity index (χ2n) is 8.96. The van der Waals surface area contributed by atoms with Crippen molar-refractivity contribution < 1.29 is 17.9 Å². The summed E-state index contributed by atoms with van der Waals surface area (Å²) in [5.74, 6) is 1.70. The molecule has 5 heterocycles. The van der Waals surface area contributed by atoms with E-state index in [0.717, 1.165) is 31.6 Å². The maximum Gasteiger partial charge on any atom is 0.244 e. The van der Waals surface area contributed by atoms with Gasteiger partial charge in [-0.2, -0.15) is 5.10 Å². The first-order valence-corrected chi connectivity index (χ1v) is 13.8. The Labute approximate surface area is 204 Å². The normalized spacial score (nSPS) is 24.3. The van der Waals surface area contributed by atoms with Crippen molar-refractivity contribution in [2.75, 3.05) is 33.9 Å². The van der Waals surface area contributed by atoms with Crippen molar-refractivity contribution in [3.05, 3.63) is 47.5 Å². The van der Waals surface area contributed by atoms with Gasteiger partial charge in [0.1, 0.15) is 22.1 Å². The number of methoxy groups -OCH3 is 2. The van der Waals surface area contributed by atoms with Gasteiger partial charge in [0.2, 0.25) is 10.0 Å². The van der Waals surface area contributed by atoms with E-state index in [1.807, 2.05) is 11.7 Å². The molecule has 2 aromatic heterocycles. The van der Waals surface area contributed by atoms with Crippen molar-refractivity contribution in [3.63, 3.8) is 0 Å². The first kappa shape index (κ1) is 23.3. The Bertz CT molecular complexity index is 1260. The fraction of sp³-hybridized carbons (Fsp3) is 0.458. The zero-order valence-corrected chi connectivity index (χ0v) is 21.2. The summed E-state index contributed by atoms with van der Waals surface area (Å²) in [6.45, 7) is 2.28. The Morgan fingerprint density at radius 2 is 2.06 bits per heavy atom. The first-order chi connectivity index (χ1) is 16.4. The second kappa shape index (κ2) is 9.33. The highest BCUT2D eigenvalue weighted by Gasteiger charge is 2.42. The molecule has 0 amide bonds. The Morgan fingerprint density at radius 1 is 1.21 bits per heavy atom. The van der Waals surface area contributed by atoms with Crippen molar-refractivity contribution >= 4 is 21.4 Å². The van der Waals surface area contributed by atoms with Crippen LogP contribution in [0.1, 0.15) is 24.5 Å². The van der Waals surface area contributed by atoms with Crippen LogP contribution in [0.2, 0.25) is 0 Å². The zero-order chi connectivity index (χ0) is 23.9. The summed E-state index contributed by atoms with van der Waals surface area (Å²) in [5.41, 5.74) is 2.29. The molecular formula is C24H30N4O4S2. The highest BCUT2D eigenvalue weighted by atomic mass is 32.2. The van der Waals surface area contributed by atoms with Gasteiger partial charge in [-0.25, -0.2) is 13.1 Å². The summed E-state index contributed by atoms with van der Waals surface area (Å²) >= 11 is 1.70. The highest BCUT2D eigenvalue weighted by molar-refractivity contribution is 7.89. The number of nitrogens with one attached hydrogen (secondary N) is 1. The summed E-state index contributed by atoms with van der Waals surface area (Å²) in [6, 6.07) is 11.4. The summed E-state index contributed by atoms with van der Waals surface area (Å²) < 4.78 is 41.5. The summed E-state index contributed by atoms with van der Waals surface area (Å²) in [5, 5.41) is 6.83. The largest absolute Gasteiger partial charge is 0.497 e. The molecule has 6 rings (SSSR count). The first-order valence-electron chi connectivity index (χ1n) is 11.4. The van der Waals surface area contributed by atoms with E-state index in [4.69, 9.17) is 14.6 Å². The molecule has 1 unspecified atom stereocenters. The van der Waals surface area contributed by atoms with Crippen molar-refractivity contribution in [2.24, 2.45) is 13.0 Å². The van der Waals surface area contributed by atoms with Gasteiger partial charge in [-0.3, -0.25) is 9.58 Å². The number of piperidine rings is 3. The van der Waals surface area contributed by atoms with Crippen LogP contribution in [-0.2, 0) is 17.1 Å². The molecule has 0 spiro atoms. The fourth-order valence-corrected chi connectivity index (χ4v) is 7.27. The van der Waals surface area contributed by atoms with Crippen LogP contribution >= 0.6 is 11.3 Å². The van der Waals surface area contributed by atoms with Gasteiger partial charge >= 0.3 is 0 Å². The molecular weight excluding hydrogens is 472 g/mol. The van der Waals surface area contributed by atoms with Crippen LogP contribution in [0.25, 0.3) is 10.6 Å². The van der Waals surface area contributed by atoms with E-state index >= 15 is 0 Å². The van der Waals surface area contributed by atoms with E-state index in [-0.39, 0.29) is 10.9 Å². The number of ether oxygens (including phenoxy) is 2. The number of thiophene rings is 1. The SMILES string of the molecule is COc1ccc(OC)c(S(=O)(=O)NC[C@H]2C[C@@H]3CCN2C[C@@H]3c2cc(-c3cccs3)nn2C)c1. The van der Waals surface area contributed by atoms with E-state index in [0.29, 0.717) is 29.9 Å². The number of hydrogen-bond donors (Lipinski definition) is 1. The minimum Gasteiger partial charge on any atom is -0.497 e. The number of nitrogens with zero attached hydrogens (tertiary/aromatic N) is 3. The Kier molecular flexibility index (Phi) is 6.41. The molecule has 1 N–H and O–H groups in total. The van der Waals surface area contributed by atoms with Gasteiger partial charge in [0.05, 0.1) is 19.1 Å². The third-order valence-electron chi connectivity index (χ3n) is 7.12. The van der Waals surface area contributed by atoms with Crippen LogP contribution in [0.5, 0.6) is 11.5 Å². The maximum absolute atomic E-state index is 13.1. The molecule has 3 aliphatic rings. The lowest BCUT2D eigenvalue weighted by Gasteiger charge is -2.49. The van der Waals surface area contributed by atoms with Crippen LogP contribution in [0.4, 0.5) is 0 Å². The van der Waals surface area contributed by atoms with Crippen LogP contribution in [0, 0.1) is 5.92 Å². The van der Waals surface area contributed by atoms with Crippen LogP contribution in [-0.4, -0.2) is 63.0 Å². The van der Waals surface area contributed by atoms with Gasteiger partial charge in [0, 0.05) is 43.9 Å². The molecule has 3 saturated heterocycles. The number of hydrogen-bond acceptors (Lipinski definition) is 7. The molecule has 34 heavy (non-hydrogen) atoms. The standard InChI is InChI=1S/C24H30N4O4S2/c1-27-21(13-20(26-27)23-5-4-10-33-23)19-15-28-9-8-16(19)11-17(28)14-25-34(29,30)24-12-18(31-2)6-7-22(24)32-3/h4-7,10,12-13,16-17,19,25H,8-9,11,14-15H2,1-3H3/t16-,17+,19-/m0/s1. The highest BCUT2D eigenvalue weighted by Crippen LogP contribution is 2.42. The number of benzene rings is 1. The number of sulfonamides is 1. The third kappa shape index (κ3) is 4.35. The summed E-state index contributed by atoms with van der Waals surface area (Å²) in [4.78, 5) is 3.70. The van der Waals surface area contributed by atoms with E-state index in [2.05, 4.69) is 33.2 Å². The lowest BCUT2D eigenvalue weighted by Crippen LogP contribution is -2.56. The molecule has 4 atom stereocenters. The van der Waals surface area contributed by atoms with E-state index in [9.17, 15) is 8.42 Å². The van der Waals surface area contributed by atoms with Crippen LogP contribution in [0.15, 0.2) is 46.7 Å². The van der Waals surface area contributed by atoms with Gasteiger partial charge in [0.15, 0.2) is 0 Å². The lowest BCUT2D eigenvalue weighted by atomic mass is 9.74. The van der Waals surface area contributed by atoms with Crippen LogP contribution < -0.4 is 14.2 Å². The fourth-order valence-electron chi connectivity index (χ4n) is 5.34. The molecule has 3 fully saturated rings. The Morgan fingerprint density at radius 3 is 2.74 bits per heavy atom. The zero-order valence-electron chi connectivity index (χ0n) is 19.6. The number of aromatic nitrogens is 2. The molecule has 0 radical (unpaired) electrons. The van der Waals surface area contributed by atoms with Crippen molar-refractivity contribution in [1.82, 2.24) is 19.4 Å². The Hall–Kier alpha value is -2.40. The molecule has 3 aliphatic heterocycles. The lowest BCUT2D eigenvalue weighted by molar-refractivity contribution is 0.0306. The van der Waals surface area contributed by atoms with E-state index < -0.39 is 10.0 Å². The van der Waals surface area contributed by atoms with E-state index in [1.165, 1.54) is 30.9 Å². The number of aryl methyl sites for hydroxylation is 1. The Balaban J connectivity index is 1.28. The molecule has 3 aromatic rings. The topological polar surface area (TPSA) is 85.7 Å². The number of fused-ring (bicyclic) bond motifs is 3. The minimum absolute atomic E-state index is 0.0965. The third-order valence-corrected chi connectivity index (χ3v) is 9.45. The molecule has 0 aliphatic carbocycles. The van der Waals surface area contributed by atoms with Gasteiger partial charge in [0.25, 0.3) is 0 Å². The molecule has 10 heteroatoms. The van der Waals surface area contributed by atoms with Crippen LogP contribution in [0.3, 0.4) is 0 Å². The van der Waals surface area contributed by atoms with Gasteiger partial charge in [-0.15, -0.1) is 11.3 Å². The average Bonchev–Trinajstić information content (AvgIpc) is 3.52. The monoisotopic (exact) mass is 502 g/mol. The van der Waals surface area contributed by atoms with Gasteiger partial charge in [-0.1, -0.05) is 6.07 Å². The predicted octanol–water partition coefficient (Wildman–Crippen LogP) is 3.32. The van der Waals surface area contributed by atoms with Crippen molar-refractivity contribution in [1.29, 1.82) is 0 Å². The maximum atomic E-state index is 13.1. The predicted molar refractivity (Wildman–Crippen MR) is 132 cm³/mol. The molecule has 2 bridgehead atoms. The molecule has 8 nitrogen and oxygen atoms in total. The quantitative estimate of drug-likeness (QED) is 0.509. The number of rotatable bonds is 8. The van der Waals surface area contributed by atoms with Gasteiger partial charge < -0.3 is 9.47 Å². The molecule has 1 aromatic carbocycles.